The highest BCUT2D eigenvalue weighted by atomic mass is 16.5. The van der Waals surface area contributed by atoms with Crippen LogP contribution >= 0.6 is 0 Å². The van der Waals surface area contributed by atoms with E-state index in [-0.39, 0.29) is 11.6 Å². The molecule has 0 atom stereocenters. The molecule has 1 fully saturated rings. The number of rotatable bonds is 3. The van der Waals surface area contributed by atoms with E-state index in [1.165, 1.54) is 0 Å². The molecule has 0 N–H and O–H groups in total. The number of morpholine rings is 1. The predicted octanol–water partition coefficient (Wildman–Crippen LogP) is 2.30. The second kappa shape index (κ2) is 6.43. The van der Waals surface area contributed by atoms with Gasteiger partial charge in [0.05, 0.1) is 20.3 Å². The summed E-state index contributed by atoms with van der Waals surface area (Å²) in [5, 5.41) is 0. The standard InChI is InChI=1S/C20H19NO4/c1-24-17-7-6-15-18(16(17)12-21-8-10-25-11-9-21)20(23)14-5-3-2-4-13(14)19(15)22/h2-7H,8-12H2,1H3. The van der Waals surface area contributed by atoms with Crippen molar-refractivity contribution in [2.45, 2.75) is 6.54 Å². The van der Waals surface area contributed by atoms with Gasteiger partial charge in [0.1, 0.15) is 5.75 Å². The lowest BCUT2D eigenvalue weighted by Crippen LogP contribution is -2.36. The fourth-order valence-corrected chi connectivity index (χ4v) is 3.57. The Bertz CT molecular complexity index is 853. The Morgan fingerprint density at radius 2 is 1.64 bits per heavy atom. The summed E-state index contributed by atoms with van der Waals surface area (Å²) in [6.45, 7) is 3.51. The monoisotopic (exact) mass is 337 g/mol. The van der Waals surface area contributed by atoms with Crippen molar-refractivity contribution in [2.24, 2.45) is 0 Å². The molecule has 1 aliphatic heterocycles. The zero-order valence-electron chi connectivity index (χ0n) is 14.1. The Morgan fingerprint density at radius 3 is 2.32 bits per heavy atom. The molecule has 0 spiro atoms. The number of benzene rings is 2. The third-order valence-corrected chi connectivity index (χ3v) is 4.86. The van der Waals surface area contributed by atoms with Crippen molar-refractivity contribution in [3.8, 4) is 5.75 Å². The molecule has 1 saturated heterocycles. The van der Waals surface area contributed by atoms with Crippen LogP contribution in [0, 0.1) is 0 Å². The molecule has 5 heteroatoms. The van der Waals surface area contributed by atoms with Gasteiger partial charge in [0.25, 0.3) is 0 Å². The van der Waals surface area contributed by atoms with Gasteiger partial charge < -0.3 is 9.47 Å². The van der Waals surface area contributed by atoms with Crippen LogP contribution in [0.5, 0.6) is 5.75 Å². The molecule has 2 aliphatic rings. The Kier molecular flexibility index (Phi) is 4.11. The molecular formula is C20H19NO4. The van der Waals surface area contributed by atoms with Crippen LogP contribution in [0.1, 0.15) is 37.4 Å². The average molecular weight is 337 g/mol. The Labute approximate surface area is 146 Å². The number of fused-ring (bicyclic) bond motifs is 2. The van der Waals surface area contributed by atoms with Gasteiger partial charge in [-0.25, -0.2) is 0 Å². The van der Waals surface area contributed by atoms with E-state index in [0.717, 1.165) is 18.7 Å². The number of carbonyl (C=O) groups excluding carboxylic acids is 2. The highest BCUT2D eigenvalue weighted by Crippen LogP contribution is 2.34. The fourth-order valence-electron chi connectivity index (χ4n) is 3.57. The van der Waals surface area contributed by atoms with Crippen LogP contribution in [0.4, 0.5) is 0 Å². The van der Waals surface area contributed by atoms with E-state index in [1.54, 1.807) is 43.5 Å². The summed E-state index contributed by atoms with van der Waals surface area (Å²) in [5.74, 6) is 0.439. The van der Waals surface area contributed by atoms with Crippen molar-refractivity contribution in [1.82, 2.24) is 4.90 Å². The van der Waals surface area contributed by atoms with Crippen LogP contribution in [0.15, 0.2) is 36.4 Å². The minimum atomic E-state index is -0.104. The number of ketones is 2. The molecule has 0 aromatic heterocycles. The summed E-state index contributed by atoms with van der Waals surface area (Å²) in [5.41, 5.74) is 2.68. The van der Waals surface area contributed by atoms with Crippen LogP contribution in [-0.4, -0.2) is 49.9 Å². The first-order chi connectivity index (χ1) is 12.2. The molecule has 0 unspecified atom stereocenters. The molecule has 0 saturated carbocycles. The maximum atomic E-state index is 13.1. The van der Waals surface area contributed by atoms with E-state index in [4.69, 9.17) is 9.47 Å². The van der Waals surface area contributed by atoms with Crippen LogP contribution in [0.2, 0.25) is 0 Å². The molecule has 4 rings (SSSR count). The van der Waals surface area contributed by atoms with Crippen molar-refractivity contribution in [3.63, 3.8) is 0 Å². The van der Waals surface area contributed by atoms with Crippen LogP contribution < -0.4 is 4.74 Å². The molecule has 25 heavy (non-hydrogen) atoms. The van der Waals surface area contributed by atoms with Gasteiger partial charge in [0.15, 0.2) is 11.6 Å². The summed E-state index contributed by atoms with van der Waals surface area (Å²) in [6, 6.07) is 10.5. The smallest absolute Gasteiger partial charge is 0.194 e. The van der Waals surface area contributed by atoms with Gasteiger partial charge >= 0.3 is 0 Å². The lowest BCUT2D eigenvalue weighted by molar-refractivity contribution is 0.0337. The summed E-state index contributed by atoms with van der Waals surface area (Å²) >= 11 is 0. The molecule has 2 aromatic rings. The van der Waals surface area contributed by atoms with Crippen molar-refractivity contribution in [3.05, 3.63) is 64.2 Å². The van der Waals surface area contributed by atoms with E-state index in [1.807, 2.05) is 0 Å². The van der Waals surface area contributed by atoms with E-state index >= 15 is 0 Å². The molecule has 128 valence electrons. The number of ether oxygens (including phenoxy) is 2. The average Bonchev–Trinajstić information content (AvgIpc) is 2.66. The third-order valence-electron chi connectivity index (χ3n) is 4.86. The summed E-state index contributed by atoms with van der Waals surface area (Å²) in [4.78, 5) is 28.2. The minimum absolute atomic E-state index is 0.101. The van der Waals surface area contributed by atoms with Gasteiger partial charge in [0.2, 0.25) is 0 Å². The van der Waals surface area contributed by atoms with Gasteiger partial charge in [-0.3, -0.25) is 14.5 Å². The molecule has 1 aliphatic carbocycles. The predicted molar refractivity (Wildman–Crippen MR) is 92.4 cm³/mol. The van der Waals surface area contributed by atoms with Crippen LogP contribution in [0.25, 0.3) is 0 Å². The van der Waals surface area contributed by atoms with Crippen molar-refractivity contribution >= 4 is 11.6 Å². The second-order valence-corrected chi connectivity index (χ2v) is 6.26. The maximum Gasteiger partial charge on any atom is 0.194 e. The Morgan fingerprint density at radius 1 is 0.960 bits per heavy atom. The van der Waals surface area contributed by atoms with Gasteiger partial charge in [-0.1, -0.05) is 24.3 Å². The third kappa shape index (κ3) is 2.65. The van der Waals surface area contributed by atoms with Crippen LogP contribution in [0.3, 0.4) is 0 Å². The van der Waals surface area contributed by atoms with Gasteiger partial charge in [0, 0.05) is 47.5 Å². The number of methoxy groups -OCH3 is 1. The van der Waals surface area contributed by atoms with Gasteiger partial charge in [-0.2, -0.15) is 0 Å². The Balaban J connectivity index is 1.84. The van der Waals surface area contributed by atoms with Crippen molar-refractivity contribution < 1.29 is 19.1 Å². The van der Waals surface area contributed by atoms with Gasteiger partial charge in [-0.05, 0) is 12.1 Å². The van der Waals surface area contributed by atoms with Gasteiger partial charge in [-0.15, -0.1) is 0 Å². The SMILES string of the molecule is COc1ccc2c(c1CN1CCOCC1)C(=O)c1ccccc1C2=O. The highest BCUT2D eigenvalue weighted by molar-refractivity contribution is 6.29. The molecule has 2 aromatic carbocycles. The first kappa shape index (κ1) is 16.0. The zero-order valence-corrected chi connectivity index (χ0v) is 14.1. The second-order valence-electron chi connectivity index (χ2n) is 6.26. The Hall–Kier alpha value is -2.50. The van der Waals surface area contributed by atoms with E-state index in [2.05, 4.69) is 4.90 Å². The van der Waals surface area contributed by atoms with E-state index < -0.39 is 0 Å². The number of carbonyl (C=O) groups is 2. The molecule has 5 nitrogen and oxygen atoms in total. The number of hydrogen-bond donors (Lipinski definition) is 0. The first-order valence-electron chi connectivity index (χ1n) is 8.39. The van der Waals surface area contributed by atoms with E-state index in [9.17, 15) is 9.59 Å². The molecule has 1 heterocycles. The molecular weight excluding hydrogens is 318 g/mol. The fraction of sp³-hybridized carbons (Fsp3) is 0.300. The summed E-state index contributed by atoms with van der Waals surface area (Å²) in [7, 11) is 1.59. The summed E-state index contributed by atoms with van der Waals surface area (Å²) in [6.07, 6.45) is 0. The topological polar surface area (TPSA) is 55.8 Å². The largest absolute Gasteiger partial charge is 0.496 e. The van der Waals surface area contributed by atoms with Crippen LogP contribution in [-0.2, 0) is 11.3 Å². The summed E-state index contributed by atoms with van der Waals surface area (Å²) < 4.78 is 10.9. The lowest BCUT2D eigenvalue weighted by Gasteiger charge is -2.29. The van der Waals surface area contributed by atoms with Crippen molar-refractivity contribution in [1.29, 1.82) is 0 Å². The van der Waals surface area contributed by atoms with E-state index in [0.29, 0.717) is 47.8 Å². The normalized spacial score (nSPS) is 17.2. The zero-order chi connectivity index (χ0) is 17.4. The number of hydrogen-bond acceptors (Lipinski definition) is 5. The quantitative estimate of drug-likeness (QED) is 0.734. The highest BCUT2D eigenvalue weighted by Gasteiger charge is 2.33. The van der Waals surface area contributed by atoms with Crippen molar-refractivity contribution in [2.75, 3.05) is 33.4 Å². The minimum Gasteiger partial charge on any atom is -0.496 e. The first-order valence-corrected chi connectivity index (χ1v) is 8.39. The maximum absolute atomic E-state index is 13.1. The number of nitrogens with zero attached hydrogens (tertiary/aromatic N) is 1. The molecule has 0 amide bonds. The molecule has 0 bridgehead atoms. The molecule has 0 radical (unpaired) electrons. The lowest BCUT2D eigenvalue weighted by atomic mass is 9.81.